The van der Waals surface area contributed by atoms with Crippen LogP contribution in [0.3, 0.4) is 0 Å². The van der Waals surface area contributed by atoms with Gasteiger partial charge in [-0.05, 0) is 36.6 Å². The van der Waals surface area contributed by atoms with E-state index in [1.807, 2.05) is 52.0 Å². The maximum Gasteiger partial charge on any atom is 0.127 e. The summed E-state index contributed by atoms with van der Waals surface area (Å²) in [5, 5.41) is 13.2. The SMILES string of the molecule is CC(C)(C)[C@](C)(C#N)Nc1ccc(Cl)cc1. The molecule has 1 rings (SSSR count). The molecule has 0 aliphatic heterocycles. The molecule has 0 aliphatic carbocycles. The average Bonchev–Trinajstić information content (AvgIpc) is 2.19. The largest absolute Gasteiger partial charge is 0.367 e. The van der Waals surface area contributed by atoms with E-state index in [1.165, 1.54) is 0 Å². The molecule has 16 heavy (non-hydrogen) atoms. The molecular weight excluding hydrogens is 220 g/mol. The molecule has 0 saturated heterocycles. The number of nitrogens with one attached hydrogen (secondary N) is 1. The molecule has 0 aliphatic rings. The molecule has 1 atom stereocenters. The van der Waals surface area contributed by atoms with Crippen molar-refractivity contribution in [2.75, 3.05) is 5.32 Å². The predicted molar refractivity (Wildman–Crippen MR) is 68.5 cm³/mol. The average molecular weight is 237 g/mol. The number of rotatable bonds is 2. The summed E-state index contributed by atoms with van der Waals surface area (Å²) in [5.41, 5.74) is 0.144. The van der Waals surface area contributed by atoms with E-state index < -0.39 is 5.54 Å². The Bertz CT molecular complexity index is 397. The summed E-state index contributed by atoms with van der Waals surface area (Å²) < 4.78 is 0. The second-order valence-electron chi connectivity index (χ2n) is 5.12. The van der Waals surface area contributed by atoms with Crippen molar-refractivity contribution in [3.63, 3.8) is 0 Å². The molecule has 1 N–H and O–H groups in total. The van der Waals surface area contributed by atoms with E-state index in [1.54, 1.807) is 0 Å². The third-order valence-corrected chi connectivity index (χ3v) is 3.21. The van der Waals surface area contributed by atoms with E-state index in [2.05, 4.69) is 11.4 Å². The van der Waals surface area contributed by atoms with Crippen molar-refractivity contribution < 1.29 is 0 Å². The lowest BCUT2D eigenvalue weighted by Crippen LogP contribution is -2.45. The van der Waals surface area contributed by atoms with E-state index in [-0.39, 0.29) is 5.41 Å². The maximum absolute atomic E-state index is 9.30. The molecule has 0 aromatic heterocycles. The second kappa shape index (κ2) is 4.35. The van der Waals surface area contributed by atoms with Crippen LogP contribution in [0.15, 0.2) is 24.3 Å². The van der Waals surface area contributed by atoms with Crippen molar-refractivity contribution in [2.45, 2.75) is 33.2 Å². The Morgan fingerprint density at radius 3 is 2.00 bits per heavy atom. The van der Waals surface area contributed by atoms with E-state index in [0.29, 0.717) is 5.02 Å². The molecule has 86 valence electrons. The van der Waals surface area contributed by atoms with Gasteiger partial charge in [-0.15, -0.1) is 0 Å². The lowest BCUT2D eigenvalue weighted by molar-refractivity contribution is 0.293. The van der Waals surface area contributed by atoms with Crippen LogP contribution in [0.4, 0.5) is 5.69 Å². The molecule has 2 nitrogen and oxygen atoms in total. The van der Waals surface area contributed by atoms with Gasteiger partial charge < -0.3 is 5.32 Å². The Morgan fingerprint density at radius 2 is 1.62 bits per heavy atom. The number of nitriles is 1. The summed E-state index contributed by atoms with van der Waals surface area (Å²) in [5.74, 6) is 0. The highest BCUT2D eigenvalue weighted by molar-refractivity contribution is 6.30. The molecule has 0 heterocycles. The minimum Gasteiger partial charge on any atom is -0.367 e. The highest BCUT2D eigenvalue weighted by Crippen LogP contribution is 2.33. The highest BCUT2D eigenvalue weighted by atomic mass is 35.5. The van der Waals surface area contributed by atoms with Gasteiger partial charge in [0, 0.05) is 10.7 Å². The van der Waals surface area contributed by atoms with Crippen molar-refractivity contribution in [2.24, 2.45) is 5.41 Å². The van der Waals surface area contributed by atoms with Gasteiger partial charge in [-0.2, -0.15) is 5.26 Å². The molecule has 0 amide bonds. The third kappa shape index (κ3) is 2.68. The van der Waals surface area contributed by atoms with Gasteiger partial charge in [0.25, 0.3) is 0 Å². The third-order valence-electron chi connectivity index (χ3n) is 2.96. The fraction of sp³-hybridized carbons (Fsp3) is 0.462. The quantitative estimate of drug-likeness (QED) is 0.840. The molecule has 0 spiro atoms. The van der Waals surface area contributed by atoms with Crippen LogP contribution in [-0.2, 0) is 0 Å². The molecule has 3 heteroatoms. The molecule has 0 saturated carbocycles. The van der Waals surface area contributed by atoms with E-state index >= 15 is 0 Å². The van der Waals surface area contributed by atoms with Crippen LogP contribution < -0.4 is 5.32 Å². The maximum atomic E-state index is 9.30. The summed E-state index contributed by atoms with van der Waals surface area (Å²) in [7, 11) is 0. The second-order valence-corrected chi connectivity index (χ2v) is 5.56. The van der Waals surface area contributed by atoms with Crippen molar-refractivity contribution in [1.29, 1.82) is 5.26 Å². The highest BCUT2D eigenvalue weighted by Gasteiger charge is 2.37. The van der Waals surface area contributed by atoms with E-state index in [4.69, 9.17) is 11.6 Å². The van der Waals surface area contributed by atoms with Crippen LogP contribution in [0.1, 0.15) is 27.7 Å². The normalized spacial score (nSPS) is 15.0. The summed E-state index contributed by atoms with van der Waals surface area (Å²) in [4.78, 5) is 0. The first-order valence-corrected chi connectivity index (χ1v) is 5.61. The smallest absolute Gasteiger partial charge is 0.127 e. The monoisotopic (exact) mass is 236 g/mol. The number of hydrogen-bond donors (Lipinski definition) is 1. The van der Waals surface area contributed by atoms with E-state index in [9.17, 15) is 5.26 Å². The zero-order chi connectivity index (χ0) is 12.4. The van der Waals surface area contributed by atoms with Gasteiger partial charge in [0.1, 0.15) is 5.54 Å². The topological polar surface area (TPSA) is 35.8 Å². The van der Waals surface area contributed by atoms with Gasteiger partial charge in [0.2, 0.25) is 0 Å². The minimum absolute atomic E-state index is 0.151. The zero-order valence-electron chi connectivity index (χ0n) is 10.1. The van der Waals surface area contributed by atoms with E-state index in [0.717, 1.165) is 5.69 Å². The Labute approximate surface area is 102 Å². The first-order valence-electron chi connectivity index (χ1n) is 5.23. The minimum atomic E-state index is -0.610. The lowest BCUT2D eigenvalue weighted by atomic mass is 9.76. The standard InChI is InChI=1S/C13H17ClN2/c1-12(2,3)13(4,9-15)16-11-7-5-10(14)6-8-11/h5-8,16H,1-4H3/t13-/m0/s1. The summed E-state index contributed by atoms with van der Waals surface area (Å²) in [6.45, 7) is 8.03. The Morgan fingerprint density at radius 1 is 1.12 bits per heavy atom. The van der Waals surface area contributed by atoms with Gasteiger partial charge in [-0.25, -0.2) is 0 Å². The van der Waals surface area contributed by atoms with Crippen LogP contribution >= 0.6 is 11.6 Å². The fourth-order valence-electron chi connectivity index (χ4n) is 1.21. The zero-order valence-corrected chi connectivity index (χ0v) is 10.9. The molecule has 1 aromatic rings. The van der Waals surface area contributed by atoms with Crippen molar-refractivity contribution >= 4 is 17.3 Å². The molecule has 0 unspecified atom stereocenters. The van der Waals surface area contributed by atoms with Crippen LogP contribution in [0.25, 0.3) is 0 Å². The number of halogens is 1. The van der Waals surface area contributed by atoms with Gasteiger partial charge in [0.05, 0.1) is 6.07 Å². The van der Waals surface area contributed by atoms with Crippen LogP contribution in [0.5, 0.6) is 0 Å². The Kier molecular flexibility index (Phi) is 3.50. The Hall–Kier alpha value is -1.20. The number of benzene rings is 1. The fourth-order valence-corrected chi connectivity index (χ4v) is 1.33. The summed E-state index contributed by atoms with van der Waals surface area (Å²) >= 11 is 5.81. The number of hydrogen-bond acceptors (Lipinski definition) is 2. The van der Waals surface area contributed by atoms with Crippen molar-refractivity contribution in [3.05, 3.63) is 29.3 Å². The number of nitrogens with zero attached hydrogens (tertiary/aromatic N) is 1. The summed E-state index contributed by atoms with van der Waals surface area (Å²) in [6.07, 6.45) is 0. The van der Waals surface area contributed by atoms with Crippen molar-refractivity contribution in [1.82, 2.24) is 0 Å². The Balaban J connectivity index is 2.95. The lowest BCUT2D eigenvalue weighted by Gasteiger charge is -2.37. The van der Waals surface area contributed by atoms with Gasteiger partial charge >= 0.3 is 0 Å². The van der Waals surface area contributed by atoms with Crippen LogP contribution in [0, 0.1) is 16.7 Å². The predicted octanol–water partition coefficient (Wildman–Crippen LogP) is 4.08. The molecule has 1 aromatic carbocycles. The molecular formula is C13H17ClN2. The first kappa shape index (κ1) is 12.9. The van der Waals surface area contributed by atoms with Gasteiger partial charge in [0.15, 0.2) is 0 Å². The van der Waals surface area contributed by atoms with Crippen LogP contribution in [0.2, 0.25) is 5.02 Å². The molecule has 0 fully saturated rings. The van der Waals surface area contributed by atoms with Gasteiger partial charge in [-0.3, -0.25) is 0 Å². The summed E-state index contributed by atoms with van der Waals surface area (Å²) in [6, 6.07) is 9.71. The van der Waals surface area contributed by atoms with Crippen LogP contribution in [-0.4, -0.2) is 5.54 Å². The first-order chi connectivity index (χ1) is 7.28. The molecule has 0 radical (unpaired) electrons. The van der Waals surface area contributed by atoms with Gasteiger partial charge in [-0.1, -0.05) is 32.4 Å². The molecule has 0 bridgehead atoms. The number of anilines is 1. The van der Waals surface area contributed by atoms with Crippen molar-refractivity contribution in [3.8, 4) is 6.07 Å².